The van der Waals surface area contributed by atoms with Gasteiger partial charge in [0.1, 0.15) is 11.6 Å². The average Bonchev–Trinajstić information content (AvgIpc) is 2.74. The molecular formula is C27H36FN2O2. The number of aromatic hydroxyl groups is 1. The Morgan fingerprint density at radius 3 is 2.66 bits per heavy atom. The van der Waals surface area contributed by atoms with Crippen molar-refractivity contribution in [2.24, 2.45) is 5.92 Å². The minimum atomic E-state index is -0.321. The predicted molar refractivity (Wildman–Crippen MR) is 128 cm³/mol. The quantitative estimate of drug-likeness (QED) is 0.443. The van der Waals surface area contributed by atoms with E-state index in [-0.39, 0.29) is 34.7 Å². The predicted octanol–water partition coefficient (Wildman–Crippen LogP) is 5.11. The number of ketones is 1. The van der Waals surface area contributed by atoms with Crippen molar-refractivity contribution >= 4 is 5.78 Å². The minimum absolute atomic E-state index is 0.00934. The molecule has 1 saturated heterocycles. The lowest BCUT2D eigenvalue weighted by atomic mass is 9.75. The lowest BCUT2D eigenvalue weighted by molar-refractivity contribution is 0.0826. The van der Waals surface area contributed by atoms with Crippen LogP contribution < -0.4 is 5.32 Å². The number of rotatable bonds is 8. The molecule has 173 valence electrons. The zero-order valence-corrected chi connectivity index (χ0v) is 19.7. The van der Waals surface area contributed by atoms with E-state index in [1.54, 1.807) is 31.2 Å². The SMILES string of the molecule is Cc1c(F)cccc1C1[CH]CN(CCCCNC(C)(C)C)CC1C(=O)c1cccc(O)c1. The highest BCUT2D eigenvalue weighted by Gasteiger charge is 2.36. The van der Waals surface area contributed by atoms with E-state index >= 15 is 0 Å². The molecule has 32 heavy (non-hydrogen) atoms. The van der Waals surface area contributed by atoms with Crippen LogP contribution in [0.5, 0.6) is 5.75 Å². The topological polar surface area (TPSA) is 52.6 Å². The van der Waals surface area contributed by atoms with Gasteiger partial charge in [0, 0.05) is 30.1 Å². The van der Waals surface area contributed by atoms with Crippen molar-refractivity contribution in [2.45, 2.75) is 52.0 Å². The molecule has 2 atom stereocenters. The third-order valence-corrected chi connectivity index (χ3v) is 6.20. The molecule has 5 heteroatoms. The summed E-state index contributed by atoms with van der Waals surface area (Å²) in [5.74, 6) is -0.645. The zero-order valence-electron chi connectivity index (χ0n) is 19.7. The number of phenols is 1. The first-order valence-corrected chi connectivity index (χ1v) is 11.5. The van der Waals surface area contributed by atoms with E-state index in [0.717, 1.165) is 38.0 Å². The van der Waals surface area contributed by atoms with Crippen LogP contribution in [-0.4, -0.2) is 47.5 Å². The Bertz CT molecular complexity index is 922. The number of halogens is 1. The fourth-order valence-electron chi connectivity index (χ4n) is 4.45. The molecule has 0 aliphatic carbocycles. The van der Waals surface area contributed by atoms with Crippen LogP contribution in [0.25, 0.3) is 0 Å². The van der Waals surface area contributed by atoms with Crippen molar-refractivity contribution in [1.82, 2.24) is 10.2 Å². The van der Waals surface area contributed by atoms with Crippen LogP contribution in [0.4, 0.5) is 4.39 Å². The number of Topliss-reactive ketones (excluding diaryl/α,β-unsaturated/α-hetero) is 1. The van der Waals surface area contributed by atoms with Crippen molar-refractivity contribution in [3.63, 3.8) is 0 Å². The number of hydrogen-bond donors (Lipinski definition) is 2. The third-order valence-electron chi connectivity index (χ3n) is 6.20. The molecule has 1 fully saturated rings. The van der Waals surface area contributed by atoms with E-state index in [9.17, 15) is 14.3 Å². The van der Waals surface area contributed by atoms with Crippen LogP contribution >= 0.6 is 0 Å². The van der Waals surface area contributed by atoms with Crippen LogP contribution in [0.2, 0.25) is 0 Å². The number of nitrogens with zero attached hydrogens (tertiary/aromatic N) is 1. The van der Waals surface area contributed by atoms with Gasteiger partial charge in [-0.3, -0.25) is 4.79 Å². The summed E-state index contributed by atoms with van der Waals surface area (Å²) in [6.07, 6.45) is 4.28. The van der Waals surface area contributed by atoms with E-state index in [0.29, 0.717) is 17.7 Å². The van der Waals surface area contributed by atoms with Gasteiger partial charge in [-0.15, -0.1) is 0 Å². The Kier molecular flexibility index (Phi) is 8.07. The monoisotopic (exact) mass is 439 g/mol. The van der Waals surface area contributed by atoms with Gasteiger partial charge >= 0.3 is 0 Å². The maximum atomic E-state index is 14.3. The normalized spacial score (nSPS) is 19.8. The van der Waals surface area contributed by atoms with Gasteiger partial charge in [0.15, 0.2) is 5.78 Å². The first kappa shape index (κ1) is 24.4. The van der Waals surface area contributed by atoms with Gasteiger partial charge in [-0.2, -0.15) is 0 Å². The minimum Gasteiger partial charge on any atom is -0.508 e. The highest BCUT2D eigenvalue weighted by atomic mass is 19.1. The summed E-state index contributed by atoms with van der Waals surface area (Å²) in [6.45, 7) is 11.6. The van der Waals surface area contributed by atoms with E-state index in [2.05, 4.69) is 37.4 Å². The summed E-state index contributed by atoms with van der Waals surface area (Å²) in [4.78, 5) is 15.8. The first-order chi connectivity index (χ1) is 15.2. The molecule has 2 unspecified atom stereocenters. The molecule has 2 N–H and O–H groups in total. The molecule has 0 saturated carbocycles. The number of carbonyl (C=O) groups is 1. The second-order valence-electron chi connectivity index (χ2n) is 9.88. The maximum Gasteiger partial charge on any atom is 0.167 e. The molecule has 0 amide bonds. The summed E-state index contributed by atoms with van der Waals surface area (Å²) >= 11 is 0. The van der Waals surface area contributed by atoms with Crippen molar-refractivity contribution in [1.29, 1.82) is 0 Å². The number of likely N-dealkylation sites (tertiary alicyclic amines) is 1. The molecular weight excluding hydrogens is 403 g/mol. The number of hydrogen-bond acceptors (Lipinski definition) is 4. The Hall–Kier alpha value is -2.24. The molecule has 4 nitrogen and oxygen atoms in total. The number of nitrogens with one attached hydrogen (secondary N) is 1. The second-order valence-corrected chi connectivity index (χ2v) is 9.88. The fraction of sp³-hybridized carbons (Fsp3) is 0.481. The third kappa shape index (κ3) is 6.39. The maximum absolute atomic E-state index is 14.3. The van der Waals surface area contributed by atoms with Gasteiger partial charge in [0.25, 0.3) is 0 Å². The van der Waals surface area contributed by atoms with E-state index < -0.39 is 0 Å². The molecule has 1 radical (unpaired) electrons. The number of carbonyl (C=O) groups excluding carboxylic acids is 1. The summed E-state index contributed by atoms with van der Waals surface area (Å²) in [5.41, 5.74) is 2.09. The van der Waals surface area contributed by atoms with Crippen molar-refractivity contribution < 1.29 is 14.3 Å². The van der Waals surface area contributed by atoms with Crippen LogP contribution in [0.1, 0.15) is 61.0 Å². The molecule has 3 rings (SSSR count). The molecule has 0 spiro atoms. The van der Waals surface area contributed by atoms with Crippen molar-refractivity contribution in [3.8, 4) is 5.75 Å². The van der Waals surface area contributed by atoms with Gasteiger partial charge < -0.3 is 15.3 Å². The van der Waals surface area contributed by atoms with Crippen LogP contribution in [-0.2, 0) is 0 Å². The molecule has 2 aromatic rings. The number of phenolic OH excluding ortho intramolecular Hbond substituents is 1. The van der Waals surface area contributed by atoms with Gasteiger partial charge in [0.05, 0.1) is 0 Å². The number of piperidine rings is 1. The lowest BCUT2D eigenvalue weighted by Crippen LogP contribution is -2.44. The second kappa shape index (κ2) is 10.6. The average molecular weight is 440 g/mol. The van der Waals surface area contributed by atoms with Crippen molar-refractivity contribution in [2.75, 3.05) is 26.2 Å². The highest BCUT2D eigenvalue weighted by Crippen LogP contribution is 2.37. The Labute approximate surface area is 191 Å². The Balaban J connectivity index is 1.74. The van der Waals surface area contributed by atoms with Crippen LogP contribution in [0.3, 0.4) is 0 Å². The van der Waals surface area contributed by atoms with Gasteiger partial charge in [-0.25, -0.2) is 4.39 Å². The largest absolute Gasteiger partial charge is 0.508 e. The number of benzene rings is 2. The van der Waals surface area contributed by atoms with Crippen molar-refractivity contribution in [3.05, 3.63) is 71.4 Å². The lowest BCUT2D eigenvalue weighted by Gasteiger charge is -2.38. The van der Waals surface area contributed by atoms with Gasteiger partial charge in [0.2, 0.25) is 0 Å². The Morgan fingerprint density at radius 1 is 1.19 bits per heavy atom. The molecule has 0 bridgehead atoms. The summed E-state index contributed by atoms with van der Waals surface area (Å²) < 4.78 is 14.3. The zero-order chi connectivity index (χ0) is 23.3. The van der Waals surface area contributed by atoms with Crippen LogP contribution in [0.15, 0.2) is 42.5 Å². The van der Waals surface area contributed by atoms with Crippen LogP contribution in [0, 0.1) is 25.1 Å². The van der Waals surface area contributed by atoms with Gasteiger partial charge in [-0.1, -0.05) is 24.3 Å². The molecule has 1 aliphatic rings. The molecule has 0 aromatic heterocycles. The summed E-state index contributed by atoms with van der Waals surface area (Å²) in [6, 6.07) is 11.6. The fourth-order valence-corrected chi connectivity index (χ4v) is 4.45. The Morgan fingerprint density at radius 2 is 1.94 bits per heavy atom. The van der Waals surface area contributed by atoms with Gasteiger partial charge in [-0.05, 0) is 95.3 Å². The van der Waals surface area contributed by atoms with E-state index in [4.69, 9.17) is 0 Å². The highest BCUT2D eigenvalue weighted by molar-refractivity contribution is 5.99. The summed E-state index contributed by atoms with van der Waals surface area (Å²) in [5, 5.41) is 13.4. The molecule has 2 aromatic carbocycles. The molecule has 1 aliphatic heterocycles. The standard InChI is InChI=1S/C27H36FN2O2/c1-19-22(11-8-12-25(19)28)23-13-16-30(15-6-5-14-29-27(2,3)4)18-24(23)26(32)20-9-7-10-21(31)17-20/h7-13,17,23-24,29,31H,5-6,14-16,18H2,1-4H3. The van der Waals surface area contributed by atoms with E-state index in [1.165, 1.54) is 12.1 Å². The van der Waals surface area contributed by atoms with E-state index in [1.807, 2.05) is 6.07 Å². The smallest absolute Gasteiger partial charge is 0.167 e. The molecule has 1 heterocycles. The number of unbranched alkanes of at least 4 members (excludes halogenated alkanes) is 1. The first-order valence-electron chi connectivity index (χ1n) is 11.5. The summed E-state index contributed by atoms with van der Waals surface area (Å²) in [7, 11) is 0.